The van der Waals surface area contributed by atoms with E-state index in [1.807, 2.05) is 25.6 Å². The maximum atomic E-state index is 11.6. The van der Waals surface area contributed by atoms with Gasteiger partial charge in [0.05, 0.1) is 12.2 Å². The lowest BCUT2D eigenvalue weighted by atomic mass is 9.79. The zero-order chi connectivity index (χ0) is 24.2. The standard InChI is InChI=1S/C27H45ClN2O3S/c1-17(2)33-27(32)21-12-10-18(11-13-21)14-24-26(31)30(16-20-8-6-19(15-29)7-9-20)23-5-3-4-22(28)25(23)34-24/h17-27,31-32H,3-14,16H2,1-2H3. The van der Waals surface area contributed by atoms with Gasteiger partial charge in [0.15, 0.2) is 6.29 Å². The van der Waals surface area contributed by atoms with Crippen LogP contribution in [0.3, 0.4) is 0 Å². The number of hydrogen-bond acceptors (Lipinski definition) is 6. The summed E-state index contributed by atoms with van der Waals surface area (Å²) in [4.78, 5) is 2.43. The van der Waals surface area contributed by atoms with Crippen LogP contribution in [-0.4, -0.2) is 62.2 Å². The summed E-state index contributed by atoms with van der Waals surface area (Å²) in [5.74, 6) is 1.63. The highest BCUT2D eigenvalue weighted by Crippen LogP contribution is 2.47. The van der Waals surface area contributed by atoms with E-state index in [9.17, 15) is 15.5 Å². The van der Waals surface area contributed by atoms with Crippen LogP contribution in [0.1, 0.15) is 90.9 Å². The summed E-state index contributed by atoms with van der Waals surface area (Å²) in [7, 11) is 0. The molecule has 3 saturated carbocycles. The molecule has 6 unspecified atom stereocenters. The van der Waals surface area contributed by atoms with Crippen molar-refractivity contribution in [2.45, 2.75) is 131 Å². The van der Waals surface area contributed by atoms with Crippen LogP contribution in [0.2, 0.25) is 0 Å². The number of ether oxygens (including phenoxy) is 1. The maximum absolute atomic E-state index is 11.6. The van der Waals surface area contributed by atoms with Gasteiger partial charge in [0.25, 0.3) is 0 Å². The van der Waals surface area contributed by atoms with Gasteiger partial charge in [-0.05, 0) is 96.3 Å². The van der Waals surface area contributed by atoms with Gasteiger partial charge in [0.1, 0.15) is 6.23 Å². The first-order valence-electron chi connectivity index (χ1n) is 13.8. The van der Waals surface area contributed by atoms with Gasteiger partial charge < -0.3 is 14.9 Å². The molecule has 1 saturated heterocycles. The molecule has 4 rings (SSSR count). The van der Waals surface area contributed by atoms with E-state index in [1.165, 1.54) is 0 Å². The number of nitriles is 1. The quantitative estimate of drug-likeness (QED) is 0.345. The van der Waals surface area contributed by atoms with Crippen LogP contribution in [0, 0.1) is 35.0 Å². The van der Waals surface area contributed by atoms with Crippen molar-refractivity contribution in [2.75, 3.05) is 6.54 Å². The van der Waals surface area contributed by atoms with E-state index >= 15 is 0 Å². The van der Waals surface area contributed by atoms with E-state index in [2.05, 4.69) is 11.0 Å². The summed E-state index contributed by atoms with van der Waals surface area (Å²) in [6.45, 7) is 4.90. The Labute approximate surface area is 215 Å². The molecule has 0 aromatic heterocycles. The Hall–Kier alpha value is -0.0300. The van der Waals surface area contributed by atoms with Gasteiger partial charge in [-0.2, -0.15) is 5.26 Å². The summed E-state index contributed by atoms with van der Waals surface area (Å²) in [6, 6.07) is 2.83. The van der Waals surface area contributed by atoms with Crippen LogP contribution >= 0.6 is 23.4 Å². The molecule has 1 aliphatic heterocycles. The van der Waals surface area contributed by atoms with E-state index in [0.717, 1.165) is 83.6 Å². The van der Waals surface area contributed by atoms with Crippen molar-refractivity contribution >= 4 is 23.4 Å². The molecule has 0 aromatic rings. The molecule has 0 radical (unpaired) electrons. The van der Waals surface area contributed by atoms with Gasteiger partial charge in [-0.1, -0.05) is 6.42 Å². The van der Waals surface area contributed by atoms with Gasteiger partial charge in [0, 0.05) is 40.3 Å². The highest BCUT2D eigenvalue weighted by molar-refractivity contribution is 8.00. The number of nitrogens with zero attached hydrogens (tertiary/aromatic N) is 2. The number of aliphatic hydroxyl groups excluding tert-OH is 2. The first kappa shape index (κ1) is 27.0. The second kappa shape index (κ2) is 12.5. The van der Waals surface area contributed by atoms with E-state index in [4.69, 9.17) is 16.3 Å². The molecule has 34 heavy (non-hydrogen) atoms. The van der Waals surface area contributed by atoms with Gasteiger partial charge >= 0.3 is 0 Å². The average Bonchev–Trinajstić information content (AvgIpc) is 2.82. The predicted octanol–water partition coefficient (Wildman–Crippen LogP) is 5.52. The van der Waals surface area contributed by atoms with Gasteiger partial charge in [-0.15, -0.1) is 23.4 Å². The van der Waals surface area contributed by atoms with Crippen molar-refractivity contribution in [1.29, 1.82) is 5.26 Å². The lowest BCUT2D eigenvalue weighted by molar-refractivity contribution is -0.164. The lowest BCUT2D eigenvalue weighted by Crippen LogP contribution is -2.61. The second-order valence-corrected chi connectivity index (χ2v) is 13.7. The van der Waals surface area contributed by atoms with Gasteiger partial charge in [-0.3, -0.25) is 4.90 Å². The Morgan fingerprint density at radius 3 is 2.35 bits per heavy atom. The normalized spacial score (nSPS) is 42.7. The Bertz CT molecular complexity index is 675. The van der Waals surface area contributed by atoms with Crippen molar-refractivity contribution in [1.82, 2.24) is 4.90 Å². The molecule has 4 aliphatic rings. The Morgan fingerprint density at radius 1 is 1.03 bits per heavy atom. The number of halogens is 1. The Balaban J connectivity index is 1.36. The molecule has 3 aliphatic carbocycles. The largest absolute Gasteiger partial charge is 0.377 e. The van der Waals surface area contributed by atoms with Gasteiger partial charge in [0.2, 0.25) is 0 Å². The maximum Gasteiger partial charge on any atom is 0.157 e. The van der Waals surface area contributed by atoms with E-state index in [-0.39, 0.29) is 28.6 Å². The summed E-state index contributed by atoms with van der Waals surface area (Å²) in [6.07, 6.45) is 11.8. The smallest absolute Gasteiger partial charge is 0.157 e. The molecule has 6 atom stereocenters. The monoisotopic (exact) mass is 512 g/mol. The highest BCUT2D eigenvalue weighted by Gasteiger charge is 2.47. The molecule has 0 bridgehead atoms. The van der Waals surface area contributed by atoms with Crippen molar-refractivity contribution in [3.05, 3.63) is 0 Å². The fraction of sp³-hybridized carbons (Fsp3) is 0.963. The third-order valence-electron chi connectivity index (χ3n) is 8.92. The number of aliphatic hydroxyl groups is 2. The summed E-state index contributed by atoms with van der Waals surface area (Å²) >= 11 is 8.85. The van der Waals surface area contributed by atoms with E-state index in [1.54, 1.807) is 0 Å². The fourth-order valence-corrected chi connectivity index (χ4v) is 9.29. The molecule has 5 nitrogen and oxygen atoms in total. The first-order valence-corrected chi connectivity index (χ1v) is 15.2. The summed E-state index contributed by atoms with van der Waals surface area (Å²) in [5, 5.41) is 32.0. The minimum absolute atomic E-state index is 0.0504. The van der Waals surface area contributed by atoms with Crippen LogP contribution in [-0.2, 0) is 4.74 Å². The highest BCUT2D eigenvalue weighted by atomic mass is 35.5. The van der Waals surface area contributed by atoms with Crippen molar-refractivity contribution in [2.24, 2.45) is 23.7 Å². The van der Waals surface area contributed by atoms with Crippen LogP contribution in [0.15, 0.2) is 0 Å². The number of hydrogen-bond donors (Lipinski definition) is 2. The molecule has 2 N–H and O–H groups in total. The number of fused-ring (bicyclic) bond motifs is 1. The van der Waals surface area contributed by atoms with E-state index in [0.29, 0.717) is 23.1 Å². The minimum atomic E-state index is -0.651. The molecule has 0 amide bonds. The second-order valence-electron chi connectivity index (χ2n) is 11.7. The summed E-state index contributed by atoms with van der Waals surface area (Å²) < 4.78 is 5.64. The number of alkyl halides is 1. The zero-order valence-electron chi connectivity index (χ0n) is 21.0. The number of rotatable bonds is 7. The van der Waals surface area contributed by atoms with Crippen molar-refractivity contribution in [3.63, 3.8) is 0 Å². The molecule has 7 heteroatoms. The zero-order valence-corrected chi connectivity index (χ0v) is 22.6. The SMILES string of the molecule is CC(C)OC(O)C1CCC(CC2SC3C(Cl)CCCC3N(CC3CCC(C#N)CC3)C2O)CC1. The molecule has 194 valence electrons. The number of thioether (sulfide) groups is 1. The minimum Gasteiger partial charge on any atom is -0.377 e. The molecule has 0 aromatic carbocycles. The van der Waals surface area contributed by atoms with Crippen LogP contribution in [0.4, 0.5) is 0 Å². The van der Waals surface area contributed by atoms with Crippen LogP contribution in [0.5, 0.6) is 0 Å². The van der Waals surface area contributed by atoms with Gasteiger partial charge in [-0.25, -0.2) is 0 Å². The van der Waals surface area contributed by atoms with Crippen molar-refractivity contribution < 1.29 is 14.9 Å². The summed E-state index contributed by atoms with van der Waals surface area (Å²) in [5.41, 5.74) is 0. The predicted molar refractivity (Wildman–Crippen MR) is 139 cm³/mol. The third kappa shape index (κ3) is 6.64. The third-order valence-corrected chi connectivity index (χ3v) is 11.3. The molecular formula is C27H45ClN2O3S. The molecule has 0 spiro atoms. The lowest BCUT2D eigenvalue weighted by Gasteiger charge is -2.52. The van der Waals surface area contributed by atoms with Crippen molar-refractivity contribution in [3.8, 4) is 6.07 Å². The Kier molecular flexibility index (Phi) is 9.91. The molecule has 4 fully saturated rings. The molecular weight excluding hydrogens is 468 g/mol. The Morgan fingerprint density at radius 2 is 1.71 bits per heavy atom. The van der Waals surface area contributed by atoms with E-state index < -0.39 is 12.5 Å². The molecule has 1 heterocycles. The average molecular weight is 513 g/mol. The fourth-order valence-electron chi connectivity index (χ4n) is 6.92. The van der Waals surface area contributed by atoms with Crippen LogP contribution < -0.4 is 0 Å². The topological polar surface area (TPSA) is 76.7 Å². The first-order chi connectivity index (χ1) is 16.4. The van der Waals surface area contributed by atoms with Crippen LogP contribution in [0.25, 0.3) is 0 Å².